The maximum atomic E-state index is 10.5. The Morgan fingerprint density at radius 2 is 1.79 bits per heavy atom. The lowest BCUT2D eigenvalue weighted by atomic mass is 10.2. The molecule has 4 aromatic rings. The fraction of sp³-hybridized carbons (Fsp3) is 0.130. The first-order valence-corrected chi connectivity index (χ1v) is 10.4. The summed E-state index contributed by atoms with van der Waals surface area (Å²) in [6.45, 7) is 1.76. The maximum Gasteiger partial charge on any atom is 0.135 e. The number of thiazole rings is 1. The standard InChI is InChI=1S/C23H20N4OS/c24-22-21(23-25-18(15-29-23)16-6-2-1-3-7-16)20(28)14-27(22)13-12-26-11-10-17-8-4-5-9-19(17)26/h1-11,15,24,28H,12-14H2. The van der Waals surface area contributed by atoms with Crippen LogP contribution in [0, 0.1) is 5.41 Å². The monoisotopic (exact) mass is 400 g/mol. The van der Waals surface area contributed by atoms with E-state index < -0.39 is 0 Å². The zero-order valence-corrected chi connectivity index (χ0v) is 16.6. The first kappa shape index (κ1) is 17.7. The van der Waals surface area contributed by atoms with Gasteiger partial charge < -0.3 is 14.6 Å². The number of aromatic nitrogens is 2. The van der Waals surface area contributed by atoms with Crippen molar-refractivity contribution in [1.82, 2.24) is 14.5 Å². The molecule has 0 atom stereocenters. The van der Waals surface area contributed by atoms with Gasteiger partial charge in [-0.05, 0) is 17.5 Å². The molecule has 1 aliphatic rings. The van der Waals surface area contributed by atoms with E-state index in [1.165, 1.54) is 22.2 Å². The number of aliphatic hydroxyl groups excluding tert-OH is 1. The van der Waals surface area contributed by atoms with E-state index in [1.807, 2.05) is 52.7 Å². The van der Waals surface area contributed by atoms with Crippen molar-refractivity contribution in [2.45, 2.75) is 6.54 Å². The molecule has 0 aliphatic carbocycles. The Kier molecular flexibility index (Phi) is 4.41. The van der Waals surface area contributed by atoms with Crippen LogP contribution in [0.25, 0.3) is 27.7 Å². The molecule has 0 radical (unpaired) electrons. The summed E-state index contributed by atoms with van der Waals surface area (Å²) in [7, 11) is 0. The number of hydrogen-bond acceptors (Lipinski definition) is 4. The van der Waals surface area contributed by atoms with E-state index in [2.05, 4.69) is 33.9 Å². The van der Waals surface area contributed by atoms with Gasteiger partial charge in [0.15, 0.2) is 0 Å². The average Bonchev–Trinajstić information content (AvgIpc) is 3.45. The molecule has 6 heteroatoms. The predicted molar refractivity (Wildman–Crippen MR) is 118 cm³/mol. The van der Waals surface area contributed by atoms with Gasteiger partial charge in [-0.3, -0.25) is 5.41 Å². The normalized spacial score (nSPS) is 14.3. The molecule has 1 aliphatic heterocycles. The van der Waals surface area contributed by atoms with Gasteiger partial charge in [-0.15, -0.1) is 11.3 Å². The highest BCUT2D eigenvalue weighted by molar-refractivity contribution is 7.11. The minimum atomic E-state index is 0.223. The van der Waals surface area contributed by atoms with Crippen LogP contribution in [0.4, 0.5) is 0 Å². The molecule has 0 unspecified atom stereocenters. The molecule has 5 nitrogen and oxygen atoms in total. The van der Waals surface area contributed by atoms with Gasteiger partial charge in [0.1, 0.15) is 16.6 Å². The highest BCUT2D eigenvalue weighted by atomic mass is 32.1. The third kappa shape index (κ3) is 3.21. The van der Waals surface area contributed by atoms with E-state index in [4.69, 9.17) is 5.41 Å². The van der Waals surface area contributed by atoms with Gasteiger partial charge in [0.2, 0.25) is 0 Å². The van der Waals surface area contributed by atoms with Gasteiger partial charge >= 0.3 is 0 Å². The average molecular weight is 401 g/mol. The Bertz CT molecular complexity index is 1220. The van der Waals surface area contributed by atoms with Crippen molar-refractivity contribution in [3.8, 4) is 11.3 Å². The van der Waals surface area contributed by atoms with Crippen molar-refractivity contribution in [2.24, 2.45) is 0 Å². The van der Waals surface area contributed by atoms with E-state index in [0.29, 0.717) is 29.5 Å². The van der Waals surface area contributed by atoms with Crippen molar-refractivity contribution >= 4 is 33.6 Å². The van der Waals surface area contributed by atoms with Crippen LogP contribution in [0.1, 0.15) is 5.01 Å². The summed E-state index contributed by atoms with van der Waals surface area (Å²) in [6.07, 6.45) is 2.07. The van der Waals surface area contributed by atoms with Crippen LogP contribution < -0.4 is 0 Å². The molecule has 0 saturated heterocycles. The molecular formula is C23H20N4OS. The van der Waals surface area contributed by atoms with E-state index in [9.17, 15) is 5.11 Å². The smallest absolute Gasteiger partial charge is 0.135 e. The molecule has 0 spiro atoms. The Balaban J connectivity index is 1.33. The molecule has 3 heterocycles. The second-order valence-corrected chi connectivity index (χ2v) is 7.92. The number of nitrogens with zero attached hydrogens (tertiary/aromatic N) is 3. The van der Waals surface area contributed by atoms with E-state index in [1.54, 1.807) is 0 Å². The number of rotatable bonds is 5. The summed E-state index contributed by atoms with van der Waals surface area (Å²) in [5.74, 6) is 0.564. The molecule has 2 N–H and O–H groups in total. The topological polar surface area (TPSA) is 65.1 Å². The lowest BCUT2D eigenvalue weighted by Crippen LogP contribution is -2.30. The lowest BCUT2D eigenvalue weighted by Gasteiger charge is -2.19. The molecule has 144 valence electrons. The summed E-state index contributed by atoms with van der Waals surface area (Å²) in [5, 5.41) is 23.0. The number of fused-ring (bicyclic) bond motifs is 1. The molecule has 0 amide bonds. The van der Waals surface area contributed by atoms with Crippen molar-refractivity contribution in [2.75, 3.05) is 13.1 Å². The van der Waals surface area contributed by atoms with Crippen molar-refractivity contribution in [1.29, 1.82) is 5.41 Å². The first-order valence-electron chi connectivity index (χ1n) is 9.52. The van der Waals surface area contributed by atoms with Crippen LogP contribution in [-0.2, 0) is 6.54 Å². The highest BCUT2D eigenvalue weighted by Crippen LogP contribution is 2.32. The molecule has 29 heavy (non-hydrogen) atoms. The predicted octanol–water partition coefficient (Wildman–Crippen LogP) is 5.03. The molecular weight excluding hydrogens is 380 g/mol. The maximum absolute atomic E-state index is 10.5. The third-order valence-corrected chi connectivity index (χ3v) is 6.12. The quantitative estimate of drug-likeness (QED) is 0.494. The number of nitrogens with one attached hydrogen (secondary N) is 1. The number of para-hydroxylation sites is 1. The van der Waals surface area contributed by atoms with Crippen LogP contribution in [-0.4, -0.2) is 38.5 Å². The number of amidine groups is 1. The molecule has 0 saturated carbocycles. The zero-order chi connectivity index (χ0) is 19.8. The minimum Gasteiger partial charge on any atom is -0.510 e. The largest absolute Gasteiger partial charge is 0.510 e. The molecule has 5 rings (SSSR count). The Morgan fingerprint density at radius 3 is 2.66 bits per heavy atom. The minimum absolute atomic E-state index is 0.223. The second-order valence-electron chi connectivity index (χ2n) is 7.06. The van der Waals surface area contributed by atoms with Gasteiger partial charge in [0.05, 0.1) is 17.8 Å². The lowest BCUT2D eigenvalue weighted by molar-refractivity contribution is 0.343. The van der Waals surface area contributed by atoms with E-state index in [-0.39, 0.29) is 5.76 Å². The summed E-state index contributed by atoms with van der Waals surface area (Å²) < 4.78 is 2.19. The first-order chi connectivity index (χ1) is 14.2. The SMILES string of the molecule is N=C1C(c2nc(-c3ccccc3)cs2)=C(O)CN1CCn1ccc2ccccc21. The summed E-state index contributed by atoms with van der Waals surface area (Å²) in [4.78, 5) is 6.58. The van der Waals surface area contributed by atoms with Crippen molar-refractivity contribution in [3.63, 3.8) is 0 Å². The Hall–Kier alpha value is -3.38. The molecule has 0 fully saturated rings. The van der Waals surface area contributed by atoms with Crippen LogP contribution in [0.2, 0.25) is 0 Å². The van der Waals surface area contributed by atoms with E-state index >= 15 is 0 Å². The Labute approximate surface area is 172 Å². The van der Waals surface area contributed by atoms with Gasteiger partial charge in [0, 0.05) is 35.7 Å². The Morgan fingerprint density at radius 1 is 1.00 bits per heavy atom. The van der Waals surface area contributed by atoms with Crippen molar-refractivity contribution in [3.05, 3.63) is 83.0 Å². The summed E-state index contributed by atoms with van der Waals surface area (Å²) in [5.41, 5.74) is 3.64. The molecule has 0 bridgehead atoms. The fourth-order valence-electron chi connectivity index (χ4n) is 3.74. The van der Waals surface area contributed by atoms with Gasteiger partial charge in [0.25, 0.3) is 0 Å². The molecule has 2 aromatic heterocycles. The highest BCUT2D eigenvalue weighted by Gasteiger charge is 2.30. The number of aliphatic hydroxyl groups is 1. The third-order valence-electron chi connectivity index (χ3n) is 5.26. The fourth-order valence-corrected chi connectivity index (χ4v) is 4.64. The molecule has 2 aromatic carbocycles. The van der Waals surface area contributed by atoms with Gasteiger partial charge in [-0.2, -0.15) is 0 Å². The van der Waals surface area contributed by atoms with Gasteiger partial charge in [-0.1, -0.05) is 48.5 Å². The van der Waals surface area contributed by atoms with Crippen LogP contribution in [0.15, 0.2) is 78.0 Å². The van der Waals surface area contributed by atoms with Crippen LogP contribution in [0.3, 0.4) is 0 Å². The number of hydrogen-bond donors (Lipinski definition) is 2. The second kappa shape index (κ2) is 7.22. The number of benzene rings is 2. The summed E-state index contributed by atoms with van der Waals surface area (Å²) in [6, 6.07) is 20.3. The van der Waals surface area contributed by atoms with Crippen LogP contribution >= 0.6 is 11.3 Å². The van der Waals surface area contributed by atoms with E-state index in [0.717, 1.165) is 17.8 Å². The van der Waals surface area contributed by atoms with Gasteiger partial charge in [-0.25, -0.2) is 4.98 Å². The van der Waals surface area contributed by atoms with Crippen molar-refractivity contribution < 1.29 is 5.11 Å². The summed E-state index contributed by atoms with van der Waals surface area (Å²) >= 11 is 1.47. The zero-order valence-electron chi connectivity index (χ0n) is 15.7. The van der Waals surface area contributed by atoms with Crippen LogP contribution in [0.5, 0.6) is 0 Å².